The summed E-state index contributed by atoms with van der Waals surface area (Å²) in [6.07, 6.45) is -6.08. The van der Waals surface area contributed by atoms with Crippen LogP contribution in [-0.2, 0) is 0 Å². The smallest absolute Gasteiger partial charge is 0.391 e. The third-order valence-corrected chi connectivity index (χ3v) is 6.30. The van der Waals surface area contributed by atoms with Crippen molar-refractivity contribution < 1.29 is 36.2 Å². The number of benzene rings is 1. The summed E-state index contributed by atoms with van der Waals surface area (Å²) < 4.78 is 84.5. The van der Waals surface area contributed by atoms with Gasteiger partial charge >= 0.3 is 6.18 Å². The summed E-state index contributed by atoms with van der Waals surface area (Å²) in [5.41, 5.74) is -4.84. The first-order chi connectivity index (χ1) is 17.6. The quantitative estimate of drug-likeness (QED) is 0.475. The molecule has 1 saturated heterocycles. The normalized spacial score (nSPS) is 18.3. The number of hydrogen-bond acceptors (Lipinski definition) is 5. The van der Waals surface area contributed by atoms with Crippen LogP contribution < -0.4 is 15.6 Å². The molecule has 3 aromatic rings. The molecule has 0 radical (unpaired) electrons. The average Bonchev–Trinajstić information content (AvgIpc) is 3.10. The van der Waals surface area contributed by atoms with E-state index in [1.54, 1.807) is 6.92 Å². The van der Waals surface area contributed by atoms with Gasteiger partial charge in [0, 0.05) is 30.7 Å². The van der Waals surface area contributed by atoms with Gasteiger partial charge in [0.1, 0.15) is 22.9 Å². The number of aliphatic hydroxyl groups excluding tert-OH is 1. The van der Waals surface area contributed by atoms with Crippen molar-refractivity contribution in [3.05, 3.63) is 63.7 Å². The highest BCUT2D eigenvalue weighted by molar-refractivity contribution is 5.97. The molecule has 1 aliphatic rings. The summed E-state index contributed by atoms with van der Waals surface area (Å²) in [5, 5.41) is 11.7. The Labute approximate surface area is 212 Å². The Balaban J connectivity index is 1.94. The lowest BCUT2D eigenvalue weighted by molar-refractivity contribution is -0.146. The lowest BCUT2D eigenvalue weighted by Crippen LogP contribution is -2.47. The summed E-state index contributed by atoms with van der Waals surface area (Å²) in [5.74, 6) is -4.96. The molecule has 38 heavy (non-hydrogen) atoms. The Kier molecular flexibility index (Phi) is 6.93. The van der Waals surface area contributed by atoms with Crippen LogP contribution in [0.3, 0.4) is 0 Å². The summed E-state index contributed by atoms with van der Waals surface area (Å²) in [7, 11) is 0. The number of hydrogen-bond donors (Lipinski definition) is 2. The molecule has 4 rings (SSSR count). The lowest BCUT2D eigenvalue weighted by atomic mass is 9.99. The van der Waals surface area contributed by atoms with E-state index >= 15 is 4.39 Å². The monoisotopic (exact) mass is 542 g/mol. The molecular formula is C25H24F6N4O3. The first-order valence-electron chi connectivity index (χ1n) is 11.6. The van der Waals surface area contributed by atoms with Gasteiger partial charge in [0.05, 0.1) is 17.9 Å². The number of β-amino-alcohol motifs (C(OH)–C–C–N with tert-alkyl or cyclic N) is 1. The van der Waals surface area contributed by atoms with Crippen LogP contribution in [0.4, 0.5) is 32.2 Å². The van der Waals surface area contributed by atoms with E-state index in [0.29, 0.717) is 0 Å². The number of nitrogens with zero attached hydrogens (tertiary/aromatic N) is 3. The highest BCUT2D eigenvalue weighted by Gasteiger charge is 2.38. The molecule has 0 saturated carbocycles. The number of para-hydroxylation sites is 1. The fraction of sp³-hybridized carbons (Fsp3) is 0.400. The zero-order valence-electron chi connectivity index (χ0n) is 20.5. The van der Waals surface area contributed by atoms with Crippen molar-refractivity contribution in [2.75, 3.05) is 18.0 Å². The molecule has 0 unspecified atom stereocenters. The van der Waals surface area contributed by atoms with E-state index in [1.807, 2.05) is 0 Å². The van der Waals surface area contributed by atoms with Gasteiger partial charge in [-0.25, -0.2) is 18.2 Å². The minimum atomic E-state index is -4.64. The number of fused-ring (bicyclic) bond motifs is 1. The Bertz CT molecular complexity index is 1440. The molecule has 1 fully saturated rings. The second-order valence-electron chi connectivity index (χ2n) is 10.1. The maximum atomic E-state index is 15.2. The van der Waals surface area contributed by atoms with E-state index in [2.05, 4.69) is 10.3 Å². The Morgan fingerprint density at radius 2 is 1.76 bits per heavy atom. The first kappa shape index (κ1) is 27.4. The molecular weight excluding hydrogens is 518 g/mol. The second kappa shape index (κ2) is 9.61. The number of aliphatic hydroxyl groups is 1. The van der Waals surface area contributed by atoms with E-state index in [4.69, 9.17) is 0 Å². The van der Waals surface area contributed by atoms with Gasteiger partial charge in [0.15, 0.2) is 17.3 Å². The van der Waals surface area contributed by atoms with E-state index in [1.165, 1.54) is 4.90 Å². The average molecular weight is 542 g/mol. The summed E-state index contributed by atoms with van der Waals surface area (Å²) >= 11 is 0. The third kappa shape index (κ3) is 5.33. The predicted octanol–water partition coefficient (Wildman–Crippen LogP) is 4.08. The van der Waals surface area contributed by atoms with Crippen LogP contribution in [0.5, 0.6) is 0 Å². The van der Waals surface area contributed by atoms with Crippen molar-refractivity contribution in [3.8, 4) is 5.69 Å². The molecule has 2 aromatic heterocycles. The number of alkyl halides is 3. The molecule has 13 heteroatoms. The van der Waals surface area contributed by atoms with Crippen LogP contribution in [-0.4, -0.2) is 51.5 Å². The molecule has 0 bridgehead atoms. The van der Waals surface area contributed by atoms with Gasteiger partial charge < -0.3 is 15.3 Å². The maximum Gasteiger partial charge on any atom is 0.391 e. The van der Waals surface area contributed by atoms with Gasteiger partial charge in [-0.1, -0.05) is 13.0 Å². The fourth-order valence-corrected chi connectivity index (χ4v) is 4.53. The zero-order chi connectivity index (χ0) is 28.2. The van der Waals surface area contributed by atoms with Gasteiger partial charge in [-0.05, 0) is 32.0 Å². The van der Waals surface area contributed by atoms with Gasteiger partial charge in [-0.2, -0.15) is 13.2 Å². The lowest BCUT2D eigenvalue weighted by Gasteiger charge is -2.27. The van der Waals surface area contributed by atoms with Crippen LogP contribution in [0.1, 0.15) is 37.6 Å². The number of carbonyl (C=O) groups is 1. The molecule has 1 amide bonds. The van der Waals surface area contributed by atoms with Crippen molar-refractivity contribution in [1.29, 1.82) is 0 Å². The number of rotatable bonds is 5. The van der Waals surface area contributed by atoms with Crippen molar-refractivity contribution >= 4 is 22.8 Å². The molecule has 1 aromatic carbocycles. The van der Waals surface area contributed by atoms with Crippen LogP contribution in [0, 0.1) is 23.4 Å². The molecule has 1 aliphatic heterocycles. The topological polar surface area (TPSA) is 87.5 Å². The van der Waals surface area contributed by atoms with E-state index in [0.717, 1.165) is 48.9 Å². The van der Waals surface area contributed by atoms with Crippen LogP contribution in [0.25, 0.3) is 16.7 Å². The largest absolute Gasteiger partial charge is 0.391 e. The number of anilines is 1. The first-order valence-corrected chi connectivity index (χ1v) is 11.6. The second-order valence-corrected chi connectivity index (χ2v) is 10.1. The van der Waals surface area contributed by atoms with Crippen molar-refractivity contribution in [3.63, 3.8) is 0 Å². The van der Waals surface area contributed by atoms with Crippen molar-refractivity contribution in [1.82, 2.24) is 14.9 Å². The minimum absolute atomic E-state index is 0.0175. The van der Waals surface area contributed by atoms with E-state index in [9.17, 15) is 36.6 Å². The highest BCUT2D eigenvalue weighted by Crippen LogP contribution is 2.30. The predicted molar refractivity (Wildman–Crippen MR) is 127 cm³/mol. The third-order valence-electron chi connectivity index (χ3n) is 6.30. The maximum absolute atomic E-state index is 15.2. The summed E-state index contributed by atoms with van der Waals surface area (Å²) in [6, 6.07) is 3.66. The number of aromatic nitrogens is 2. The van der Waals surface area contributed by atoms with Crippen LogP contribution in [0.15, 0.2) is 35.3 Å². The minimum Gasteiger partial charge on any atom is -0.391 e. The summed E-state index contributed by atoms with van der Waals surface area (Å²) in [4.78, 5) is 31.8. The Morgan fingerprint density at radius 3 is 2.32 bits per heavy atom. The van der Waals surface area contributed by atoms with Crippen LogP contribution in [0.2, 0.25) is 0 Å². The Hall–Kier alpha value is -3.61. The number of pyridine rings is 2. The zero-order valence-corrected chi connectivity index (χ0v) is 20.5. The van der Waals surface area contributed by atoms with Gasteiger partial charge in [0.25, 0.3) is 5.91 Å². The molecule has 204 valence electrons. The van der Waals surface area contributed by atoms with Gasteiger partial charge in [-0.15, -0.1) is 0 Å². The van der Waals surface area contributed by atoms with Gasteiger partial charge in [-0.3, -0.25) is 14.2 Å². The van der Waals surface area contributed by atoms with Crippen molar-refractivity contribution in [2.45, 2.75) is 45.0 Å². The van der Waals surface area contributed by atoms with E-state index < -0.39 is 75.3 Å². The van der Waals surface area contributed by atoms with Gasteiger partial charge in [0.2, 0.25) is 5.43 Å². The molecule has 2 N–H and O–H groups in total. The molecule has 0 spiro atoms. The molecule has 7 nitrogen and oxygen atoms in total. The highest BCUT2D eigenvalue weighted by atomic mass is 19.4. The molecule has 2 atom stereocenters. The number of halogens is 6. The Morgan fingerprint density at radius 1 is 1.13 bits per heavy atom. The number of nitrogens with one attached hydrogen (secondary N) is 1. The summed E-state index contributed by atoms with van der Waals surface area (Å²) in [6.45, 7) is 4.15. The van der Waals surface area contributed by atoms with E-state index in [-0.39, 0.29) is 24.8 Å². The van der Waals surface area contributed by atoms with Crippen LogP contribution >= 0.6 is 0 Å². The number of carbonyl (C=O) groups excluding carboxylic acids is 1. The SMILES string of the molecule is C[C@@H]1CN(c2nc3c(cc2F)c(=O)c(C(=O)NC(C)(C)CC(F)(F)F)cn3-c2c(F)cccc2F)C[C@H]1O. The number of amides is 1. The fourth-order valence-electron chi connectivity index (χ4n) is 4.53. The van der Waals surface area contributed by atoms with Crippen molar-refractivity contribution in [2.24, 2.45) is 5.92 Å². The molecule has 3 heterocycles. The standard InChI is InChI=1S/C25H24F6N4O3/c1-12-8-34(10-18(12)36)22-17(28)7-13-20(37)14(23(38)33-24(2,3)11-25(29,30)31)9-35(21(13)32-22)19-15(26)5-4-6-16(19)27/h4-7,9,12,18,36H,8,10-11H2,1-3H3,(H,33,38)/t12-,18-/m1/s1. The molecule has 0 aliphatic carbocycles.